The van der Waals surface area contributed by atoms with Crippen LogP contribution in [-0.4, -0.2) is 33.6 Å². The molecule has 1 unspecified atom stereocenters. The third-order valence-electron chi connectivity index (χ3n) is 5.02. The first-order valence-corrected chi connectivity index (χ1v) is 10.0. The van der Waals surface area contributed by atoms with Gasteiger partial charge in [0.2, 0.25) is 11.8 Å². The molecule has 3 heterocycles. The van der Waals surface area contributed by atoms with E-state index in [4.69, 9.17) is 5.73 Å². The number of fused-ring (bicyclic) bond motifs is 1. The lowest BCUT2D eigenvalue weighted by molar-refractivity contribution is -0.136. The number of hydrogen-bond acceptors (Lipinski definition) is 7. The molecule has 8 nitrogen and oxygen atoms in total. The highest BCUT2D eigenvalue weighted by molar-refractivity contribution is 7.13. The molecule has 2 aromatic rings. The Balaban J connectivity index is 1.44. The zero-order valence-corrected chi connectivity index (χ0v) is 16.2. The van der Waals surface area contributed by atoms with Gasteiger partial charge in [0, 0.05) is 36.5 Å². The van der Waals surface area contributed by atoms with Crippen LogP contribution in [0.5, 0.6) is 0 Å². The van der Waals surface area contributed by atoms with Gasteiger partial charge in [0.15, 0.2) is 5.13 Å². The lowest BCUT2D eigenvalue weighted by Gasteiger charge is -2.29. The molecule has 2 aliphatic heterocycles. The third kappa shape index (κ3) is 3.50. The second kappa shape index (κ2) is 7.33. The van der Waals surface area contributed by atoms with Gasteiger partial charge in [-0.15, -0.1) is 11.3 Å². The molecule has 4 rings (SSSR count). The van der Waals surface area contributed by atoms with Gasteiger partial charge in [-0.1, -0.05) is 12.1 Å². The van der Waals surface area contributed by atoms with Crippen molar-refractivity contribution >= 4 is 34.2 Å². The molecule has 0 spiro atoms. The topological polar surface area (TPSA) is 117 Å². The maximum atomic E-state index is 12.7. The Labute approximate surface area is 166 Å². The molecule has 4 N–H and O–H groups in total. The van der Waals surface area contributed by atoms with Crippen LogP contribution in [0.25, 0.3) is 0 Å². The summed E-state index contributed by atoms with van der Waals surface area (Å²) in [5, 5.41) is 8.33. The van der Waals surface area contributed by atoms with Crippen molar-refractivity contribution in [2.45, 2.75) is 44.9 Å². The Kier molecular flexibility index (Phi) is 4.86. The molecule has 0 aliphatic carbocycles. The molecule has 1 aromatic carbocycles. The zero-order chi connectivity index (χ0) is 19.8. The van der Waals surface area contributed by atoms with Crippen LogP contribution in [0.3, 0.4) is 0 Å². The van der Waals surface area contributed by atoms with Crippen LogP contribution in [0.2, 0.25) is 0 Å². The summed E-state index contributed by atoms with van der Waals surface area (Å²) in [6, 6.07) is 4.99. The maximum Gasteiger partial charge on any atom is 0.255 e. The van der Waals surface area contributed by atoms with E-state index in [-0.39, 0.29) is 24.3 Å². The van der Waals surface area contributed by atoms with Crippen molar-refractivity contribution in [3.05, 3.63) is 46.0 Å². The fourth-order valence-corrected chi connectivity index (χ4v) is 4.31. The molecule has 0 bridgehead atoms. The van der Waals surface area contributed by atoms with E-state index < -0.39 is 11.9 Å². The number of nitrogens with zero attached hydrogens (tertiary/aromatic N) is 2. The van der Waals surface area contributed by atoms with Crippen LogP contribution >= 0.6 is 11.3 Å². The van der Waals surface area contributed by atoms with E-state index in [0.717, 1.165) is 22.0 Å². The van der Waals surface area contributed by atoms with E-state index in [1.807, 2.05) is 24.4 Å². The number of imide groups is 1. The van der Waals surface area contributed by atoms with E-state index in [1.165, 1.54) is 11.3 Å². The number of rotatable bonds is 5. The molecule has 3 amide bonds. The number of piperidine rings is 1. The highest BCUT2D eigenvalue weighted by atomic mass is 32.1. The Hall–Kier alpha value is -2.78. The average Bonchev–Trinajstić information content (AvgIpc) is 3.25. The highest BCUT2D eigenvalue weighted by Gasteiger charge is 2.38. The SMILES string of the molecule is C[C@H](N)c1csc(NCc2ccc3c(c2)CN(C2CCC(=O)NC2=O)C3=O)n1. The van der Waals surface area contributed by atoms with Crippen molar-refractivity contribution < 1.29 is 14.4 Å². The Morgan fingerprint density at radius 1 is 1.39 bits per heavy atom. The quantitative estimate of drug-likeness (QED) is 0.657. The average molecular weight is 399 g/mol. The van der Waals surface area contributed by atoms with Gasteiger partial charge in [-0.05, 0) is 30.5 Å². The second-order valence-electron chi connectivity index (χ2n) is 7.11. The number of anilines is 1. The molecule has 1 fully saturated rings. The largest absolute Gasteiger partial charge is 0.357 e. The number of benzene rings is 1. The van der Waals surface area contributed by atoms with Gasteiger partial charge in [-0.25, -0.2) is 4.98 Å². The van der Waals surface area contributed by atoms with Gasteiger partial charge in [0.05, 0.1) is 5.69 Å². The van der Waals surface area contributed by atoms with Gasteiger partial charge in [-0.3, -0.25) is 19.7 Å². The minimum atomic E-state index is -0.592. The van der Waals surface area contributed by atoms with Crippen LogP contribution in [0, 0.1) is 0 Å². The molecule has 146 valence electrons. The smallest absolute Gasteiger partial charge is 0.255 e. The van der Waals surface area contributed by atoms with Gasteiger partial charge in [0.1, 0.15) is 6.04 Å². The van der Waals surface area contributed by atoms with Crippen molar-refractivity contribution in [1.29, 1.82) is 0 Å². The van der Waals surface area contributed by atoms with Crippen molar-refractivity contribution in [3.8, 4) is 0 Å². The van der Waals surface area contributed by atoms with Crippen molar-refractivity contribution in [2.24, 2.45) is 5.73 Å². The maximum absolute atomic E-state index is 12.7. The van der Waals surface area contributed by atoms with Crippen molar-refractivity contribution in [3.63, 3.8) is 0 Å². The summed E-state index contributed by atoms with van der Waals surface area (Å²) in [5.74, 6) is -0.841. The molecule has 1 saturated heterocycles. The number of amides is 3. The summed E-state index contributed by atoms with van der Waals surface area (Å²) in [4.78, 5) is 42.2. The molecule has 2 aliphatic rings. The summed E-state index contributed by atoms with van der Waals surface area (Å²) in [7, 11) is 0. The molecule has 1 aromatic heterocycles. The van der Waals surface area contributed by atoms with Crippen LogP contribution in [0.1, 0.15) is 53.0 Å². The van der Waals surface area contributed by atoms with Gasteiger partial charge >= 0.3 is 0 Å². The lowest BCUT2D eigenvalue weighted by atomic mass is 10.0. The summed E-state index contributed by atoms with van der Waals surface area (Å²) in [6.07, 6.45) is 0.619. The van der Waals surface area contributed by atoms with Crippen molar-refractivity contribution in [1.82, 2.24) is 15.2 Å². The van der Waals surface area contributed by atoms with E-state index in [0.29, 0.717) is 25.1 Å². The monoisotopic (exact) mass is 399 g/mol. The number of hydrogen-bond donors (Lipinski definition) is 3. The second-order valence-corrected chi connectivity index (χ2v) is 7.97. The van der Waals surface area contributed by atoms with Crippen LogP contribution in [0.4, 0.5) is 5.13 Å². The molecule has 2 atom stereocenters. The molecule has 28 heavy (non-hydrogen) atoms. The van der Waals surface area contributed by atoms with Crippen LogP contribution in [0.15, 0.2) is 23.6 Å². The molecule has 0 saturated carbocycles. The number of thiazole rings is 1. The van der Waals surface area contributed by atoms with Crippen LogP contribution in [-0.2, 0) is 22.7 Å². The molecule has 9 heteroatoms. The number of carbonyl (C=O) groups excluding carboxylic acids is 3. The number of aromatic nitrogens is 1. The van der Waals surface area contributed by atoms with Crippen molar-refractivity contribution in [2.75, 3.05) is 5.32 Å². The molecular formula is C19H21N5O3S. The molecule has 0 radical (unpaired) electrons. The summed E-state index contributed by atoms with van der Waals surface area (Å²) < 4.78 is 0. The van der Waals surface area contributed by atoms with Gasteiger partial charge in [-0.2, -0.15) is 0 Å². The van der Waals surface area contributed by atoms with E-state index in [1.54, 1.807) is 11.0 Å². The predicted octanol–water partition coefficient (Wildman–Crippen LogP) is 1.54. The van der Waals surface area contributed by atoms with E-state index in [9.17, 15) is 14.4 Å². The summed E-state index contributed by atoms with van der Waals surface area (Å²) in [5.41, 5.74) is 9.22. The minimum Gasteiger partial charge on any atom is -0.357 e. The number of nitrogens with two attached hydrogens (primary N) is 1. The Morgan fingerprint density at radius 2 is 2.21 bits per heavy atom. The fraction of sp³-hybridized carbons (Fsp3) is 0.368. The van der Waals surface area contributed by atoms with Gasteiger partial charge < -0.3 is 16.0 Å². The fourth-order valence-electron chi connectivity index (χ4n) is 3.49. The van der Waals surface area contributed by atoms with Crippen LogP contribution < -0.4 is 16.4 Å². The Morgan fingerprint density at radius 3 is 2.93 bits per heavy atom. The lowest BCUT2D eigenvalue weighted by Crippen LogP contribution is -2.52. The highest BCUT2D eigenvalue weighted by Crippen LogP contribution is 2.28. The minimum absolute atomic E-state index is 0.101. The predicted molar refractivity (Wildman–Crippen MR) is 105 cm³/mol. The first-order chi connectivity index (χ1) is 13.4. The van der Waals surface area contributed by atoms with E-state index in [2.05, 4.69) is 15.6 Å². The standard InChI is InChI=1S/C19H21N5O3S/c1-10(20)14-9-28-19(22-14)21-7-11-2-3-13-12(6-11)8-24(18(13)27)15-4-5-16(25)23-17(15)26/h2-3,6,9-10,15H,4-5,7-8,20H2,1H3,(H,21,22)(H,23,25,26)/t10-,15?/m0/s1. The molecular weight excluding hydrogens is 378 g/mol. The first-order valence-electron chi connectivity index (χ1n) is 9.13. The Bertz CT molecular complexity index is 955. The normalized spacial score (nSPS) is 20.1. The van der Waals surface area contributed by atoms with E-state index >= 15 is 0 Å². The summed E-state index contributed by atoms with van der Waals surface area (Å²) >= 11 is 1.51. The number of nitrogens with one attached hydrogen (secondary N) is 2. The number of carbonyl (C=O) groups is 3. The summed E-state index contributed by atoms with van der Waals surface area (Å²) in [6.45, 7) is 2.84. The first kappa shape index (κ1) is 18.6. The third-order valence-corrected chi connectivity index (χ3v) is 5.84. The zero-order valence-electron chi connectivity index (χ0n) is 15.4. The van der Waals surface area contributed by atoms with Gasteiger partial charge in [0.25, 0.3) is 5.91 Å².